The van der Waals surface area contributed by atoms with E-state index < -0.39 is 11.0 Å². The van der Waals surface area contributed by atoms with Gasteiger partial charge in [-0.05, 0) is 60.9 Å². The minimum Gasteiger partial charge on any atom is -0.496 e. The van der Waals surface area contributed by atoms with Crippen molar-refractivity contribution in [1.82, 2.24) is 9.55 Å². The normalized spacial score (nSPS) is 16.9. The summed E-state index contributed by atoms with van der Waals surface area (Å²) in [4.78, 5) is 4.23. The molecule has 4 nitrogen and oxygen atoms in total. The molecule has 0 amide bonds. The Labute approximate surface area is 165 Å². The molecular formula is C23H27FN2O2. The summed E-state index contributed by atoms with van der Waals surface area (Å²) in [7, 11) is 1.60. The van der Waals surface area contributed by atoms with Crippen molar-refractivity contribution >= 4 is 10.9 Å². The van der Waals surface area contributed by atoms with Gasteiger partial charge in [0, 0.05) is 23.3 Å². The zero-order valence-corrected chi connectivity index (χ0v) is 16.7. The number of halogens is 1. The van der Waals surface area contributed by atoms with E-state index in [9.17, 15) is 9.50 Å². The summed E-state index contributed by atoms with van der Waals surface area (Å²) in [6.07, 6.45) is 8.18. The molecule has 1 aliphatic carbocycles. The third-order valence-corrected chi connectivity index (χ3v) is 6.00. The molecule has 28 heavy (non-hydrogen) atoms. The van der Waals surface area contributed by atoms with Gasteiger partial charge < -0.3 is 14.4 Å². The molecule has 0 spiro atoms. The number of fused-ring (bicyclic) bond motifs is 1. The van der Waals surface area contributed by atoms with Crippen LogP contribution in [0.15, 0.2) is 48.9 Å². The second kappa shape index (κ2) is 6.89. The lowest BCUT2D eigenvalue weighted by molar-refractivity contribution is -0.0228. The molecule has 1 N–H and O–H groups in total. The molecule has 1 unspecified atom stereocenters. The molecule has 1 atom stereocenters. The lowest BCUT2D eigenvalue weighted by Gasteiger charge is -2.38. The van der Waals surface area contributed by atoms with Crippen LogP contribution in [-0.4, -0.2) is 27.4 Å². The van der Waals surface area contributed by atoms with Crippen LogP contribution in [0.3, 0.4) is 0 Å². The highest BCUT2D eigenvalue weighted by atomic mass is 19.1. The third kappa shape index (κ3) is 3.51. The summed E-state index contributed by atoms with van der Waals surface area (Å²) < 4.78 is 21.5. The van der Waals surface area contributed by atoms with Gasteiger partial charge in [0.05, 0.1) is 31.0 Å². The predicted octanol–water partition coefficient (Wildman–Crippen LogP) is 4.69. The molecule has 0 radical (unpaired) electrons. The van der Waals surface area contributed by atoms with Crippen LogP contribution in [0.2, 0.25) is 0 Å². The third-order valence-electron chi connectivity index (χ3n) is 6.00. The van der Waals surface area contributed by atoms with Crippen LogP contribution < -0.4 is 4.74 Å². The minimum atomic E-state index is -0.886. The van der Waals surface area contributed by atoms with E-state index in [1.54, 1.807) is 19.4 Å². The zero-order chi connectivity index (χ0) is 19.9. The molecule has 1 aliphatic rings. The van der Waals surface area contributed by atoms with Gasteiger partial charge in [-0.1, -0.05) is 13.8 Å². The topological polar surface area (TPSA) is 47.3 Å². The van der Waals surface area contributed by atoms with Crippen LogP contribution in [0.5, 0.6) is 5.75 Å². The Kier molecular flexibility index (Phi) is 4.66. The quantitative estimate of drug-likeness (QED) is 0.645. The number of ether oxygens (including phenoxy) is 1. The smallest absolute Gasteiger partial charge is 0.123 e. The largest absolute Gasteiger partial charge is 0.496 e. The van der Waals surface area contributed by atoms with Crippen LogP contribution in [-0.2, 0) is 12.0 Å². The van der Waals surface area contributed by atoms with Gasteiger partial charge in [-0.2, -0.15) is 0 Å². The summed E-state index contributed by atoms with van der Waals surface area (Å²) in [6, 6.07) is 8.62. The first-order valence-corrected chi connectivity index (χ1v) is 9.78. The molecule has 4 rings (SSSR count). The molecule has 1 saturated carbocycles. The molecule has 1 fully saturated rings. The molecule has 2 heterocycles. The minimum absolute atomic E-state index is 0.250. The molecule has 5 heteroatoms. The number of rotatable bonds is 7. The second-order valence-corrected chi connectivity index (χ2v) is 8.66. The first-order chi connectivity index (χ1) is 13.3. The first kappa shape index (κ1) is 18.9. The second-order valence-electron chi connectivity index (χ2n) is 8.66. The van der Waals surface area contributed by atoms with Gasteiger partial charge in [0.15, 0.2) is 0 Å². The van der Waals surface area contributed by atoms with Gasteiger partial charge in [0.1, 0.15) is 11.6 Å². The van der Waals surface area contributed by atoms with Crippen LogP contribution in [0, 0.1) is 11.7 Å². The molecule has 1 aromatic carbocycles. The average Bonchev–Trinajstić information content (AvgIpc) is 3.45. The van der Waals surface area contributed by atoms with Crippen LogP contribution in [0.25, 0.3) is 10.9 Å². The number of aromatic nitrogens is 2. The lowest BCUT2D eigenvalue weighted by atomic mass is 9.73. The van der Waals surface area contributed by atoms with E-state index in [2.05, 4.69) is 9.55 Å². The summed E-state index contributed by atoms with van der Waals surface area (Å²) in [5.41, 5.74) is 0.463. The van der Waals surface area contributed by atoms with Crippen molar-refractivity contribution < 1.29 is 14.2 Å². The van der Waals surface area contributed by atoms with Gasteiger partial charge in [-0.15, -0.1) is 0 Å². The van der Waals surface area contributed by atoms with E-state index in [4.69, 9.17) is 4.74 Å². The summed E-state index contributed by atoms with van der Waals surface area (Å²) in [6.45, 7) is 4.59. The number of pyridine rings is 1. The maximum absolute atomic E-state index is 14.0. The number of benzene rings is 1. The van der Waals surface area contributed by atoms with E-state index in [1.165, 1.54) is 12.1 Å². The highest BCUT2D eigenvalue weighted by Crippen LogP contribution is 2.48. The van der Waals surface area contributed by atoms with Crippen molar-refractivity contribution in [3.05, 3.63) is 60.3 Å². The summed E-state index contributed by atoms with van der Waals surface area (Å²) >= 11 is 0. The Morgan fingerprint density at radius 1 is 1.25 bits per heavy atom. The molecule has 0 saturated heterocycles. The van der Waals surface area contributed by atoms with Gasteiger partial charge in [0.2, 0.25) is 0 Å². The fraction of sp³-hybridized carbons (Fsp3) is 0.435. The highest BCUT2D eigenvalue weighted by molar-refractivity contribution is 5.78. The van der Waals surface area contributed by atoms with Crippen molar-refractivity contribution in [2.45, 2.75) is 50.7 Å². The number of hydrogen-bond acceptors (Lipinski definition) is 3. The van der Waals surface area contributed by atoms with Crippen molar-refractivity contribution in [2.75, 3.05) is 7.11 Å². The monoisotopic (exact) mass is 382 g/mol. The van der Waals surface area contributed by atoms with E-state index >= 15 is 0 Å². The Balaban J connectivity index is 1.67. The average molecular weight is 382 g/mol. The summed E-state index contributed by atoms with van der Waals surface area (Å²) in [5.74, 6) is 0.613. The lowest BCUT2D eigenvalue weighted by Crippen LogP contribution is -2.42. The molecule has 148 valence electrons. The fourth-order valence-corrected chi connectivity index (χ4v) is 4.48. The van der Waals surface area contributed by atoms with Crippen molar-refractivity contribution in [2.24, 2.45) is 5.92 Å². The summed E-state index contributed by atoms with van der Waals surface area (Å²) in [5, 5.41) is 12.8. The van der Waals surface area contributed by atoms with E-state index in [1.807, 2.05) is 38.4 Å². The highest BCUT2D eigenvalue weighted by Gasteiger charge is 2.47. The Morgan fingerprint density at radius 3 is 2.75 bits per heavy atom. The Hall–Kier alpha value is -2.40. The first-order valence-electron chi connectivity index (χ1n) is 9.78. The van der Waals surface area contributed by atoms with E-state index in [-0.39, 0.29) is 11.7 Å². The zero-order valence-electron chi connectivity index (χ0n) is 16.7. The number of hydrogen-bond donors (Lipinski definition) is 1. The van der Waals surface area contributed by atoms with Crippen molar-refractivity contribution in [3.8, 4) is 5.75 Å². The molecule has 2 aromatic heterocycles. The van der Waals surface area contributed by atoms with Crippen molar-refractivity contribution in [3.63, 3.8) is 0 Å². The van der Waals surface area contributed by atoms with Crippen LogP contribution >= 0.6 is 0 Å². The van der Waals surface area contributed by atoms with Crippen LogP contribution in [0.4, 0.5) is 4.39 Å². The number of aliphatic hydroxyl groups is 1. The van der Waals surface area contributed by atoms with Crippen LogP contribution in [0.1, 0.15) is 38.7 Å². The Morgan fingerprint density at radius 2 is 2.04 bits per heavy atom. The van der Waals surface area contributed by atoms with Gasteiger partial charge in [-0.3, -0.25) is 4.98 Å². The molecule has 3 aromatic rings. The van der Waals surface area contributed by atoms with E-state index in [0.717, 1.165) is 29.3 Å². The standard InChI is InChI=1S/C23H27FN2O2/c1-22(2,19-12-18(24)6-7-21(19)28-3)14-23(27,17-4-5-17)15-26-11-9-16-8-10-25-13-20(16)26/h6-13,17,27H,4-5,14-15H2,1-3H3. The van der Waals surface area contributed by atoms with Gasteiger partial charge in [0.25, 0.3) is 0 Å². The molecule has 0 bridgehead atoms. The van der Waals surface area contributed by atoms with Gasteiger partial charge in [-0.25, -0.2) is 4.39 Å². The Bertz CT molecular complexity index is 993. The number of methoxy groups -OCH3 is 1. The maximum atomic E-state index is 14.0. The molecule has 0 aliphatic heterocycles. The van der Waals surface area contributed by atoms with Gasteiger partial charge >= 0.3 is 0 Å². The molecular weight excluding hydrogens is 355 g/mol. The number of nitrogens with zero attached hydrogens (tertiary/aromatic N) is 2. The van der Waals surface area contributed by atoms with Crippen molar-refractivity contribution in [1.29, 1.82) is 0 Å². The predicted molar refractivity (Wildman–Crippen MR) is 108 cm³/mol. The maximum Gasteiger partial charge on any atom is 0.123 e. The SMILES string of the molecule is COc1ccc(F)cc1C(C)(C)CC(O)(Cn1ccc2ccncc21)C1CC1. The fourth-order valence-electron chi connectivity index (χ4n) is 4.48. The van der Waals surface area contributed by atoms with E-state index in [0.29, 0.717) is 18.7 Å².